The first kappa shape index (κ1) is 11.5. The molecule has 1 fully saturated rings. The lowest BCUT2D eigenvalue weighted by molar-refractivity contribution is 0.242. The van der Waals surface area contributed by atoms with Gasteiger partial charge in [-0.1, -0.05) is 31.4 Å². The summed E-state index contributed by atoms with van der Waals surface area (Å²) in [6, 6.07) is 8.72. The Kier molecular flexibility index (Phi) is 3.87. The van der Waals surface area contributed by atoms with Crippen molar-refractivity contribution < 1.29 is 4.74 Å². The average molecular weight is 218 g/mol. The zero-order chi connectivity index (χ0) is 11.4. The number of benzene rings is 1. The van der Waals surface area contributed by atoms with Crippen molar-refractivity contribution >= 4 is 0 Å². The van der Waals surface area contributed by atoms with Crippen molar-refractivity contribution in [1.82, 2.24) is 0 Å². The third-order valence-corrected chi connectivity index (χ3v) is 3.33. The summed E-state index contributed by atoms with van der Waals surface area (Å²) in [6.45, 7) is 4.13. The van der Waals surface area contributed by atoms with Crippen LogP contribution in [0.2, 0.25) is 0 Å². The summed E-state index contributed by atoms with van der Waals surface area (Å²) in [5.41, 5.74) is 1.50. The van der Waals surface area contributed by atoms with Gasteiger partial charge >= 0.3 is 0 Å². The van der Waals surface area contributed by atoms with Crippen LogP contribution in [0.3, 0.4) is 0 Å². The molecule has 1 heteroatoms. The highest BCUT2D eigenvalue weighted by Gasteiger charge is 2.15. The van der Waals surface area contributed by atoms with E-state index in [-0.39, 0.29) is 6.10 Å². The largest absolute Gasteiger partial charge is 0.491 e. The lowest BCUT2D eigenvalue weighted by Gasteiger charge is -2.22. The van der Waals surface area contributed by atoms with Crippen LogP contribution in [0.4, 0.5) is 0 Å². The fourth-order valence-electron chi connectivity index (χ4n) is 2.53. The standard InChI is InChI=1S/C15H22O/c1-12(2)16-15-10-8-14(9-11-15)13-6-4-3-5-7-13/h8-13H,3-7H2,1-2H3. The second-order valence-electron chi connectivity index (χ2n) is 5.07. The minimum Gasteiger partial charge on any atom is -0.491 e. The first-order valence-corrected chi connectivity index (χ1v) is 6.52. The van der Waals surface area contributed by atoms with Gasteiger partial charge in [0.15, 0.2) is 0 Å². The predicted molar refractivity (Wildman–Crippen MR) is 68.0 cm³/mol. The summed E-state index contributed by atoms with van der Waals surface area (Å²) >= 11 is 0. The normalized spacial score (nSPS) is 17.7. The Bertz CT molecular complexity index is 307. The molecule has 0 aliphatic heterocycles. The zero-order valence-electron chi connectivity index (χ0n) is 10.4. The fourth-order valence-corrected chi connectivity index (χ4v) is 2.53. The molecule has 0 bridgehead atoms. The minimum absolute atomic E-state index is 0.264. The smallest absolute Gasteiger partial charge is 0.119 e. The van der Waals surface area contributed by atoms with Crippen molar-refractivity contribution in [1.29, 1.82) is 0 Å². The number of ether oxygens (including phenoxy) is 1. The Hall–Kier alpha value is -0.980. The third-order valence-electron chi connectivity index (χ3n) is 3.33. The highest BCUT2D eigenvalue weighted by atomic mass is 16.5. The lowest BCUT2D eigenvalue weighted by Crippen LogP contribution is -2.06. The molecule has 1 aromatic carbocycles. The summed E-state index contributed by atoms with van der Waals surface area (Å²) in [4.78, 5) is 0. The summed E-state index contributed by atoms with van der Waals surface area (Å²) in [7, 11) is 0. The first-order valence-electron chi connectivity index (χ1n) is 6.52. The molecular formula is C15H22O. The van der Waals surface area contributed by atoms with E-state index in [4.69, 9.17) is 4.74 Å². The van der Waals surface area contributed by atoms with Gasteiger partial charge < -0.3 is 4.74 Å². The third kappa shape index (κ3) is 3.01. The molecule has 1 saturated carbocycles. The Balaban J connectivity index is 2.00. The number of rotatable bonds is 3. The quantitative estimate of drug-likeness (QED) is 0.724. The molecule has 16 heavy (non-hydrogen) atoms. The molecule has 1 aliphatic rings. The van der Waals surface area contributed by atoms with Crippen LogP contribution in [0.25, 0.3) is 0 Å². The molecule has 88 valence electrons. The highest BCUT2D eigenvalue weighted by Crippen LogP contribution is 2.33. The lowest BCUT2D eigenvalue weighted by atomic mass is 9.84. The molecule has 2 rings (SSSR count). The monoisotopic (exact) mass is 218 g/mol. The molecular weight excluding hydrogens is 196 g/mol. The molecule has 1 aliphatic carbocycles. The van der Waals surface area contributed by atoms with E-state index in [0.717, 1.165) is 11.7 Å². The molecule has 0 amide bonds. The van der Waals surface area contributed by atoms with Gasteiger partial charge in [0.1, 0.15) is 5.75 Å². The van der Waals surface area contributed by atoms with E-state index in [9.17, 15) is 0 Å². The van der Waals surface area contributed by atoms with Crippen LogP contribution >= 0.6 is 0 Å². The van der Waals surface area contributed by atoms with Crippen molar-refractivity contribution in [2.24, 2.45) is 0 Å². The summed E-state index contributed by atoms with van der Waals surface area (Å²) in [5, 5.41) is 0. The van der Waals surface area contributed by atoms with E-state index in [1.54, 1.807) is 0 Å². The van der Waals surface area contributed by atoms with Crippen molar-refractivity contribution in [2.75, 3.05) is 0 Å². The molecule has 0 atom stereocenters. The molecule has 0 spiro atoms. The predicted octanol–water partition coefficient (Wildman–Crippen LogP) is 4.52. The van der Waals surface area contributed by atoms with E-state index < -0.39 is 0 Å². The SMILES string of the molecule is CC(C)Oc1ccc(C2CCCCC2)cc1. The number of hydrogen-bond donors (Lipinski definition) is 0. The maximum atomic E-state index is 5.66. The van der Waals surface area contributed by atoms with Crippen molar-refractivity contribution in [3.8, 4) is 5.75 Å². The van der Waals surface area contributed by atoms with Gasteiger partial charge in [-0.25, -0.2) is 0 Å². The van der Waals surface area contributed by atoms with E-state index in [1.807, 2.05) is 0 Å². The molecule has 0 saturated heterocycles. The molecule has 0 aromatic heterocycles. The van der Waals surface area contributed by atoms with Crippen LogP contribution in [-0.2, 0) is 0 Å². The topological polar surface area (TPSA) is 9.23 Å². The van der Waals surface area contributed by atoms with E-state index in [0.29, 0.717) is 0 Å². The molecule has 0 N–H and O–H groups in total. The van der Waals surface area contributed by atoms with Gasteiger partial charge in [-0.05, 0) is 50.3 Å². The minimum atomic E-state index is 0.264. The van der Waals surface area contributed by atoms with Gasteiger partial charge in [-0.2, -0.15) is 0 Å². The molecule has 1 aromatic rings. The first-order chi connectivity index (χ1) is 7.75. The van der Waals surface area contributed by atoms with Gasteiger partial charge in [0.05, 0.1) is 6.10 Å². The Morgan fingerprint density at radius 3 is 2.19 bits per heavy atom. The second kappa shape index (κ2) is 5.38. The van der Waals surface area contributed by atoms with Crippen LogP contribution < -0.4 is 4.74 Å². The average Bonchev–Trinajstić information content (AvgIpc) is 2.30. The maximum absolute atomic E-state index is 5.66. The van der Waals surface area contributed by atoms with Gasteiger partial charge in [0, 0.05) is 0 Å². The van der Waals surface area contributed by atoms with Gasteiger partial charge in [-0.15, -0.1) is 0 Å². The Morgan fingerprint density at radius 1 is 1.00 bits per heavy atom. The van der Waals surface area contributed by atoms with Gasteiger partial charge in [0.2, 0.25) is 0 Å². The fraction of sp³-hybridized carbons (Fsp3) is 0.600. The van der Waals surface area contributed by atoms with Crippen LogP contribution in [-0.4, -0.2) is 6.10 Å². The van der Waals surface area contributed by atoms with Crippen molar-refractivity contribution in [3.05, 3.63) is 29.8 Å². The molecule has 1 nitrogen and oxygen atoms in total. The Labute approximate surface area is 98.8 Å². The van der Waals surface area contributed by atoms with Crippen molar-refractivity contribution in [3.63, 3.8) is 0 Å². The second-order valence-corrected chi connectivity index (χ2v) is 5.07. The van der Waals surface area contributed by atoms with Crippen LogP contribution in [0.15, 0.2) is 24.3 Å². The summed E-state index contributed by atoms with van der Waals surface area (Å²) in [6.07, 6.45) is 7.21. The van der Waals surface area contributed by atoms with Gasteiger partial charge in [0.25, 0.3) is 0 Å². The summed E-state index contributed by atoms with van der Waals surface area (Å²) in [5.74, 6) is 1.79. The number of hydrogen-bond acceptors (Lipinski definition) is 1. The van der Waals surface area contributed by atoms with Crippen LogP contribution in [0.5, 0.6) is 5.75 Å². The molecule has 0 heterocycles. The maximum Gasteiger partial charge on any atom is 0.119 e. The molecule has 0 unspecified atom stereocenters. The molecule has 0 radical (unpaired) electrons. The van der Waals surface area contributed by atoms with Crippen LogP contribution in [0, 0.1) is 0 Å². The van der Waals surface area contributed by atoms with Crippen molar-refractivity contribution in [2.45, 2.75) is 58.0 Å². The Morgan fingerprint density at radius 2 is 1.62 bits per heavy atom. The van der Waals surface area contributed by atoms with Crippen LogP contribution in [0.1, 0.15) is 57.4 Å². The van der Waals surface area contributed by atoms with Gasteiger partial charge in [-0.3, -0.25) is 0 Å². The van der Waals surface area contributed by atoms with E-state index in [1.165, 1.54) is 37.7 Å². The van der Waals surface area contributed by atoms with E-state index >= 15 is 0 Å². The highest BCUT2D eigenvalue weighted by molar-refractivity contribution is 5.29. The summed E-state index contributed by atoms with van der Waals surface area (Å²) < 4.78 is 5.66. The van der Waals surface area contributed by atoms with E-state index in [2.05, 4.69) is 38.1 Å². The zero-order valence-corrected chi connectivity index (χ0v) is 10.4.